The Bertz CT molecular complexity index is 449. The van der Waals surface area contributed by atoms with E-state index in [1.807, 2.05) is 13.8 Å². The topological polar surface area (TPSA) is 79.8 Å². The maximum atomic E-state index is 11.8. The van der Waals surface area contributed by atoms with Crippen LogP contribution in [0.25, 0.3) is 0 Å². The highest BCUT2D eigenvalue weighted by molar-refractivity contribution is 5.84. The van der Waals surface area contributed by atoms with Gasteiger partial charge in [-0.15, -0.1) is 5.10 Å². The minimum absolute atomic E-state index is 0.0266. The van der Waals surface area contributed by atoms with Crippen molar-refractivity contribution >= 4 is 11.9 Å². The Morgan fingerprint density at radius 2 is 2.00 bits per heavy atom. The number of anilines is 1. The van der Waals surface area contributed by atoms with Crippen molar-refractivity contribution in [1.82, 2.24) is 20.5 Å². The number of rotatable bonds is 4. The van der Waals surface area contributed by atoms with Gasteiger partial charge in [-0.25, -0.2) is 4.98 Å². The smallest absolute Gasteiger partial charge is 0.243 e. The summed E-state index contributed by atoms with van der Waals surface area (Å²) in [6.45, 7) is 4.84. The SMILES string of the molecule is CCc1nnc(NC2CCCCNC2=O)nc1CC. The average Bonchev–Trinajstić information content (AvgIpc) is 2.64. The van der Waals surface area contributed by atoms with Gasteiger partial charge < -0.3 is 10.6 Å². The van der Waals surface area contributed by atoms with Crippen molar-refractivity contribution in [3.63, 3.8) is 0 Å². The summed E-state index contributed by atoms with van der Waals surface area (Å²) in [5, 5.41) is 14.2. The first-order valence-electron chi connectivity index (χ1n) is 7.01. The largest absolute Gasteiger partial charge is 0.354 e. The van der Waals surface area contributed by atoms with Crippen molar-refractivity contribution in [2.75, 3.05) is 11.9 Å². The molecule has 1 atom stereocenters. The molecule has 0 aromatic carbocycles. The minimum atomic E-state index is -0.249. The predicted molar refractivity (Wildman–Crippen MR) is 72.9 cm³/mol. The van der Waals surface area contributed by atoms with E-state index in [-0.39, 0.29) is 11.9 Å². The van der Waals surface area contributed by atoms with E-state index in [2.05, 4.69) is 25.8 Å². The van der Waals surface area contributed by atoms with E-state index in [0.29, 0.717) is 5.95 Å². The fourth-order valence-electron chi connectivity index (χ4n) is 2.23. The molecule has 2 N–H and O–H groups in total. The van der Waals surface area contributed by atoms with Gasteiger partial charge in [-0.3, -0.25) is 4.79 Å². The third-order valence-corrected chi connectivity index (χ3v) is 3.35. The van der Waals surface area contributed by atoms with Crippen LogP contribution in [0.5, 0.6) is 0 Å². The highest BCUT2D eigenvalue weighted by Gasteiger charge is 2.21. The van der Waals surface area contributed by atoms with E-state index in [1.54, 1.807) is 0 Å². The molecule has 104 valence electrons. The first kappa shape index (κ1) is 13.7. The van der Waals surface area contributed by atoms with Crippen molar-refractivity contribution in [3.8, 4) is 0 Å². The summed E-state index contributed by atoms with van der Waals surface area (Å²) in [6.07, 6.45) is 4.51. The number of carbonyl (C=O) groups excluding carboxylic acids is 1. The lowest BCUT2D eigenvalue weighted by atomic mass is 10.1. The van der Waals surface area contributed by atoms with Crippen LogP contribution in [0.3, 0.4) is 0 Å². The van der Waals surface area contributed by atoms with Crippen LogP contribution < -0.4 is 10.6 Å². The Labute approximate surface area is 113 Å². The van der Waals surface area contributed by atoms with Crippen LogP contribution >= 0.6 is 0 Å². The summed E-state index contributed by atoms with van der Waals surface area (Å²) < 4.78 is 0. The van der Waals surface area contributed by atoms with Crippen molar-refractivity contribution < 1.29 is 4.79 Å². The molecular formula is C13H21N5O. The number of aromatic nitrogens is 3. The zero-order valence-corrected chi connectivity index (χ0v) is 11.6. The van der Waals surface area contributed by atoms with Crippen LogP contribution in [-0.2, 0) is 17.6 Å². The highest BCUT2D eigenvalue weighted by atomic mass is 16.2. The molecule has 1 saturated heterocycles. The Kier molecular flexibility index (Phi) is 4.65. The van der Waals surface area contributed by atoms with Gasteiger partial charge >= 0.3 is 0 Å². The van der Waals surface area contributed by atoms with Gasteiger partial charge in [-0.1, -0.05) is 13.8 Å². The second kappa shape index (κ2) is 6.45. The number of hydrogen-bond acceptors (Lipinski definition) is 5. The van der Waals surface area contributed by atoms with Crippen molar-refractivity contribution in [3.05, 3.63) is 11.4 Å². The highest BCUT2D eigenvalue weighted by Crippen LogP contribution is 2.12. The number of amides is 1. The lowest BCUT2D eigenvalue weighted by molar-refractivity contribution is -0.121. The molecule has 0 radical (unpaired) electrons. The van der Waals surface area contributed by atoms with E-state index in [9.17, 15) is 4.79 Å². The standard InChI is InChI=1S/C13H21N5O/c1-3-9-10(4-2)17-18-13(15-9)16-11-7-5-6-8-14-12(11)19/h11H,3-8H2,1-2H3,(H,14,19)(H,15,16,18). The van der Waals surface area contributed by atoms with E-state index in [4.69, 9.17) is 0 Å². The summed E-state index contributed by atoms with van der Waals surface area (Å²) >= 11 is 0. The molecule has 6 heteroatoms. The van der Waals surface area contributed by atoms with Crippen molar-refractivity contribution in [2.45, 2.75) is 52.0 Å². The molecule has 0 saturated carbocycles. The van der Waals surface area contributed by atoms with Crippen LogP contribution in [-0.4, -0.2) is 33.7 Å². The number of hydrogen-bond donors (Lipinski definition) is 2. The fourth-order valence-corrected chi connectivity index (χ4v) is 2.23. The van der Waals surface area contributed by atoms with Gasteiger partial charge in [0.1, 0.15) is 6.04 Å². The molecule has 0 aliphatic carbocycles. The van der Waals surface area contributed by atoms with E-state index in [1.165, 1.54) is 0 Å². The molecule has 2 rings (SSSR count). The van der Waals surface area contributed by atoms with Crippen LogP contribution in [0.4, 0.5) is 5.95 Å². The molecule has 1 amide bonds. The zero-order chi connectivity index (χ0) is 13.7. The van der Waals surface area contributed by atoms with Gasteiger partial charge in [-0.2, -0.15) is 5.10 Å². The number of nitrogens with zero attached hydrogens (tertiary/aromatic N) is 3. The normalized spacial score (nSPS) is 19.7. The molecule has 6 nitrogen and oxygen atoms in total. The maximum Gasteiger partial charge on any atom is 0.243 e. The van der Waals surface area contributed by atoms with Crippen molar-refractivity contribution in [2.24, 2.45) is 0 Å². The first-order valence-corrected chi connectivity index (χ1v) is 7.01. The van der Waals surface area contributed by atoms with Crippen LogP contribution in [0, 0.1) is 0 Å². The summed E-state index contributed by atoms with van der Waals surface area (Å²) in [6, 6.07) is -0.249. The van der Waals surface area contributed by atoms with Crippen LogP contribution in [0.2, 0.25) is 0 Å². The van der Waals surface area contributed by atoms with Gasteiger partial charge in [0.2, 0.25) is 11.9 Å². The Hall–Kier alpha value is -1.72. The molecule has 1 aliphatic heterocycles. The fraction of sp³-hybridized carbons (Fsp3) is 0.692. The molecular weight excluding hydrogens is 242 g/mol. The molecule has 2 heterocycles. The van der Waals surface area contributed by atoms with Gasteiger partial charge in [0.25, 0.3) is 0 Å². The average molecular weight is 263 g/mol. The third kappa shape index (κ3) is 3.39. The summed E-state index contributed by atoms with van der Waals surface area (Å²) in [5.74, 6) is 0.481. The van der Waals surface area contributed by atoms with Gasteiger partial charge in [0.05, 0.1) is 11.4 Å². The Balaban J connectivity index is 2.11. The van der Waals surface area contributed by atoms with Gasteiger partial charge in [-0.05, 0) is 32.1 Å². The van der Waals surface area contributed by atoms with Gasteiger partial charge in [0, 0.05) is 6.54 Å². The second-order valence-electron chi connectivity index (χ2n) is 4.72. The molecule has 19 heavy (non-hydrogen) atoms. The lowest BCUT2D eigenvalue weighted by Crippen LogP contribution is -2.38. The Morgan fingerprint density at radius 1 is 1.21 bits per heavy atom. The third-order valence-electron chi connectivity index (χ3n) is 3.35. The van der Waals surface area contributed by atoms with E-state index < -0.39 is 0 Å². The van der Waals surface area contributed by atoms with Crippen LogP contribution in [0.1, 0.15) is 44.5 Å². The number of aryl methyl sites for hydroxylation is 2. The second-order valence-corrected chi connectivity index (χ2v) is 4.72. The van der Waals surface area contributed by atoms with Crippen molar-refractivity contribution in [1.29, 1.82) is 0 Å². The molecule has 1 aliphatic rings. The molecule has 1 unspecified atom stereocenters. The monoisotopic (exact) mass is 263 g/mol. The zero-order valence-electron chi connectivity index (χ0n) is 11.6. The minimum Gasteiger partial charge on any atom is -0.354 e. The molecule has 1 aromatic rings. The first-order chi connectivity index (χ1) is 9.24. The maximum absolute atomic E-state index is 11.8. The van der Waals surface area contributed by atoms with E-state index in [0.717, 1.165) is 50.0 Å². The predicted octanol–water partition coefficient (Wildman–Crippen LogP) is 1.08. The summed E-state index contributed by atoms with van der Waals surface area (Å²) in [7, 11) is 0. The van der Waals surface area contributed by atoms with Crippen LogP contribution in [0.15, 0.2) is 0 Å². The van der Waals surface area contributed by atoms with Gasteiger partial charge in [0.15, 0.2) is 0 Å². The molecule has 0 spiro atoms. The number of carbonyl (C=O) groups is 1. The quantitative estimate of drug-likeness (QED) is 0.849. The summed E-state index contributed by atoms with van der Waals surface area (Å²) in [4.78, 5) is 16.3. The molecule has 1 fully saturated rings. The summed E-state index contributed by atoms with van der Waals surface area (Å²) in [5.41, 5.74) is 1.88. The number of nitrogens with one attached hydrogen (secondary N) is 2. The molecule has 0 bridgehead atoms. The lowest BCUT2D eigenvalue weighted by Gasteiger charge is -2.15. The van der Waals surface area contributed by atoms with E-state index >= 15 is 0 Å². The molecule has 1 aromatic heterocycles. The Morgan fingerprint density at radius 3 is 2.74 bits per heavy atom.